The Bertz CT molecular complexity index is 442. The van der Waals surface area contributed by atoms with Gasteiger partial charge in [-0.1, -0.05) is 32.9 Å². The van der Waals surface area contributed by atoms with Crippen LogP contribution in [0.3, 0.4) is 0 Å². The van der Waals surface area contributed by atoms with Crippen LogP contribution in [0, 0.1) is 17.8 Å². The fraction of sp³-hybridized carbons (Fsp3) is 0.706. The van der Waals surface area contributed by atoms with Gasteiger partial charge in [0.05, 0.1) is 0 Å². The van der Waals surface area contributed by atoms with E-state index in [0.717, 1.165) is 12.8 Å². The fourth-order valence-electron chi connectivity index (χ4n) is 2.94. The molecule has 1 aliphatic carbocycles. The largest absolute Gasteiger partial charge is 0.480 e. The van der Waals surface area contributed by atoms with Crippen LogP contribution < -0.4 is 5.32 Å². The molecule has 0 aromatic rings. The SMILES string of the molecule is CCC=CCC1C(=O)CCC1CC(=O)NC(C(=O)O)C(C)C. The number of ketones is 1. The van der Waals surface area contributed by atoms with Gasteiger partial charge in [0, 0.05) is 18.8 Å². The molecule has 1 fully saturated rings. The topological polar surface area (TPSA) is 83.5 Å². The maximum Gasteiger partial charge on any atom is 0.326 e. The van der Waals surface area contributed by atoms with Gasteiger partial charge >= 0.3 is 5.97 Å². The van der Waals surface area contributed by atoms with Gasteiger partial charge in [0.15, 0.2) is 0 Å². The van der Waals surface area contributed by atoms with E-state index in [0.29, 0.717) is 12.8 Å². The van der Waals surface area contributed by atoms with Gasteiger partial charge in [0.1, 0.15) is 11.8 Å². The molecule has 0 heterocycles. The molecule has 1 rings (SSSR count). The first-order valence-corrected chi connectivity index (χ1v) is 8.06. The minimum absolute atomic E-state index is 0.0237. The normalized spacial score (nSPS) is 23.2. The van der Waals surface area contributed by atoms with Crippen molar-refractivity contribution in [2.75, 3.05) is 0 Å². The van der Waals surface area contributed by atoms with Gasteiger partial charge in [-0.25, -0.2) is 4.79 Å². The molecule has 3 unspecified atom stereocenters. The summed E-state index contributed by atoms with van der Waals surface area (Å²) in [7, 11) is 0. The van der Waals surface area contributed by atoms with Crippen molar-refractivity contribution >= 4 is 17.7 Å². The number of nitrogens with one attached hydrogen (secondary N) is 1. The molecule has 0 radical (unpaired) electrons. The van der Waals surface area contributed by atoms with E-state index in [1.54, 1.807) is 13.8 Å². The van der Waals surface area contributed by atoms with Gasteiger partial charge in [0.25, 0.3) is 0 Å². The van der Waals surface area contributed by atoms with Crippen LogP contribution in [0.1, 0.15) is 52.9 Å². The molecular formula is C17H27NO4. The Kier molecular flexibility index (Phi) is 7.28. The zero-order valence-corrected chi connectivity index (χ0v) is 13.7. The summed E-state index contributed by atoms with van der Waals surface area (Å²) in [5.41, 5.74) is 0. The first kappa shape index (κ1) is 18.4. The number of allylic oxidation sites excluding steroid dienone is 2. The average Bonchev–Trinajstić information content (AvgIpc) is 2.77. The second-order valence-corrected chi connectivity index (χ2v) is 6.32. The summed E-state index contributed by atoms with van der Waals surface area (Å²) in [4.78, 5) is 35.2. The molecule has 1 saturated carbocycles. The molecule has 0 spiro atoms. The Morgan fingerprint density at radius 1 is 1.36 bits per heavy atom. The quantitative estimate of drug-likeness (QED) is 0.675. The number of carboxylic acids is 1. The monoisotopic (exact) mass is 309 g/mol. The highest BCUT2D eigenvalue weighted by atomic mass is 16.4. The molecule has 0 aromatic heterocycles. The zero-order chi connectivity index (χ0) is 16.7. The van der Waals surface area contributed by atoms with Gasteiger partial charge in [-0.15, -0.1) is 0 Å². The highest BCUT2D eigenvalue weighted by molar-refractivity contribution is 5.87. The van der Waals surface area contributed by atoms with Gasteiger partial charge in [-0.3, -0.25) is 9.59 Å². The Labute approximate surface area is 132 Å². The molecule has 22 heavy (non-hydrogen) atoms. The number of aliphatic carboxylic acids is 1. The van der Waals surface area contributed by atoms with Crippen molar-refractivity contribution in [2.24, 2.45) is 17.8 Å². The van der Waals surface area contributed by atoms with Gasteiger partial charge < -0.3 is 10.4 Å². The Balaban J connectivity index is 2.60. The highest BCUT2D eigenvalue weighted by Gasteiger charge is 2.35. The van der Waals surface area contributed by atoms with Gasteiger partial charge in [-0.05, 0) is 31.1 Å². The molecule has 0 saturated heterocycles. The lowest BCUT2D eigenvalue weighted by Crippen LogP contribution is -2.45. The van der Waals surface area contributed by atoms with E-state index in [1.165, 1.54) is 0 Å². The summed E-state index contributed by atoms with van der Waals surface area (Å²) in [6, 6.07) is -0.872. The standard InChI is InChI=1S/C17H27NO4/c1-4-5-6-7-13-12(8-9-14(13)19)10-15(20)18-16(11(2)3)17(21)22/h5-6,11-13,16H,4,7-10H2,1-3H3,(H,18,20)(H,21,22). The van der Waals surface area contributed by atoms with Crippen molar-refractivity contribution in [3.8, 4) is 0 Å². The predicted molar refractivity (Wildman–Crippen MR) is 84.3 cm³/mol. The van der Waals surface area contributed by atoms with Crippen LogP contribution in [0.4, 0.5) is 0 Å². The van der Waals surface area contributed by atoms with Crippen molar-refractivity contribution in [3.05, 3.63) is 12.2 Å². The molecule has 124 valence electrons. The number of hydrogen-bond acceptors (Lipinski definition) is 3. The Hall–Kier alpha value is -1.65. The third kappa shape index (κ3) is 5.28. The molecule has 0 bridgehead atoms. The van der Waals surface area contributed by atoms with Crippen molar-refractivity contribution in [3.63, 3.8) is 0 Å². The molecule has 1 amide bonds. The molecule has 5 heteroatoms. The lowest BCUT2D eigenvalue weighted by molar-refractivity contribution is -0.143. The third-order valence-corrected chi connectivity index (χ3v) is 4.23. The van der Waals surface area contributed by atoms with E-state index in [4.69, 9.17) is 5.11 Å². The minimum Gasteiger partial charge on any atom is -0.480 e. The van der Waals surface area contributed by atoms with Crippen molar-refractivity contribution in [1.82, 2.24) is 5.32 Å². The smallest absolute Gasteiger partial charge is 0.326 e. The molecule has 3 atom stereocenters. The maximum absolute atomic E-state index is 12.1. The number of rotatable bonds is 8. The van der Waals surface area contributed by atoms with Gasteiger partial charge in [-0.2, -0.15) is 0 Å². The number of amides is 1. The second-order valence-electron chi connectivity index (χ2n) is 6.32. The summed E-state index contributed by atoms with van der Waals surface area (Å²) in [5, 5.41) is 11.7. The van der Waals surface area contributed by atoms with Crippen molar-refractivity contribution in [1.29, 1.82) is 0 Å². The van der Waals surface area contributed by atoms with E-state index < -0.39 is 12.0 Å². The maximum atomic E-state index is 12.1. The van der Waals surface area contributed by atoms with Crippen molar-refractivity contribution in [2.45, 2.75) is 58.9 Å². The van der Waals surface area contributed by atoms with Crippen LogP contribution in [0.5, 0.6) is 0 Å². The van der Waals surface area contributed by atoms with E-state index in [2.05, 4.69) is 5.32 Å². The second kappa shape index (κ2) is 8.71. The van der Waals surface area contributed by atoms with E-state index in [1.807, 2.05) is 19.1 Å². The molecule has 0 aliphatic heterocycles. The zero-order valence-electron chi connectivity index (χ0n) is 13.7. The number of hydrogen-bond donors (Lipinski definition) is 2. The number of carbonyl (C=O) groups excluding carboxylic acids is 2. The summed E-state index contributed by atoms with van der Waals surface area (Å²) >= 11 is 0. The lowest BCUT2D eigenvalue weighted by Gasteiger charge is -2.21. The van der Waals surface area contributed by atoms with Crippen LogP contribution in [-0.4, -0.2) is 28.8 Å². The third-order valence-electron chi connectivity index (χ3n) is 4.23. The molecule has 2 N–H and O–H groups in total. The number of carbonyl (C=O) groups is 3. The van der Waals surface area contributed by atoms with E-state index >= 15 is 0 Å². The van der Waals surface area contributed by atoms with E-state index in [9.17, 15) is 14.4 Å². The first-order chi connectivity index (χ1) is 10.4. The molecule has 1 aliphatic rings. The summed E-state index contributed by atoms with van der Waals surface area (Å²) in [6.07, 6.45) is 7.12. The van der Waals surface area contributed by atoms with E-state index in [-0.39, 0.29) is 35.9 Å². The average molecular weight is 309 g/mol. The van der Waals surface area contributed by atoms with Crippen LogP contribution in [0.25, 0.3) is 0 Å². The molecule has 5 nitrogen and oxygen atoms in total. The summed E-state index contributed by atoms with van der Waals surface area (Å²) in [6.45, 7) is 5.56. The highest BCUT2D eigenvalue weighted by Crippen LogP contribution is 2.34. The molecule has 0 aromatic carbocycles. The lowest BCUT2D eigenvalue weighted by atomic mass is 9.89. The van der Waals surface area contributed by atoms with Crippen molar-refractivity contribution < 1.29 is 19.5 Å². The predicted octanol–water partition coefficient (Wildman–Crippen LogP) is 2.55. The Morgan fingerprint density at radius 2 is 2.05 bits per heavy atom. The Morgan fingerprint density at radius 3 is 2.59 bits per heavy atom. The number of Topliss-reactive ketones (excluding diaryl/α,β-unsaturated/α-hetero) is 1. The van der Waals surface area contributed by atoms with Gasteiger partial charge in [0.2, 0.25) is 5.91 Å². The van der Waals surface area contributed by atoms with Crippen LogP contribution in [-0.2, 0) is 14.4 Å². The summed E-state index contributed by atoms with van der Waals surface area (Å²) < 4.78 is 0. The van der Waals surface area contributed by atoms with Crippen LogP contribution in [0.15, 0.2) is 12.2 Å². The van der Waals surface area contributed by atoms with Crippen LogP contribution in [0.2, 0.25) is 0 Å². The number of carboxylic acid groups (broad SMARTS) is 1. The first-order valence-electron chi connectivity index (χ1n) is 8.06. The van der Waals surface area contributed by atoms with Crippen LogP contribution >= 0.6 is 0 Å². The fourth-order valence-corrected chi connectivity index (χ4v) is 2.94. The summed E-state index contributed by atoms with van der Waals surface area (Å²) in [5.74, 6) is -1.32. The molecular weight excluding hydrogens is 282 g/mol. The minimum atomic E-state index is -1.02.